The summed E-state index contributed by atoms with van der Waals surface area (Å²) in [6, 6.07) is 12.7. The lowest BCUT2D eigenvalue weighted by atomic mass is 10.1. The zero-order valence-electron chi connectivity index (χ0n) is 12.4. The minimum Gasteiger partial charge on any atom is -0.325 e. The van der Waals surface area contributed by atoms with Crippen LogP contribution in [0.2, 0.25) is 5.02 Å². The molecule has 4 nitrogen and oxygen atoms in total. The molecule has 114 valence electrons. The number of anilines is 2. The van der Waals surface area contributed by atoms with Crippen LogP contribution in [0.1, 0.15) is 17.5 Å². The molecule has 0 aliphatic heterocycles. The lowest BCUT2D eigenvalue weighted by Crippen LogP contribution is -2.21. The van der Waals surface area contributed by atoms with E-state index < -0.39 is 5.91 Å². The first-order valence-corrected chi connectivity index (χ1v) is 7.25. The van der Waals surface area contributed by atoms with Crippen molar-refractivity contribution in [3.8, 4) is 0 Å². The van der Waals surface area contributed by atoms with Crippen LogP contribution in [0.3, 0.4) is 0 Å². The minimum absolute atomic E-state index is 0.265. The summed E-state index contributed by atoms with van der Waals surface area (Å²) in [7, 11) is 0. The van der Waals surface area contributed by atoms with Crippen LogP contribution < -0.4 is 10.6 Å². The van der Waals surface area contributed by atoms with Gasteiger partial charge in [0.15, 0.2) is 0 Å². The zero-order valence-corrected chi connectivity index (χ0v) is 13.2. The van der Waals surface area contributed by atoms with Gasteiger partial charge in [-0.05, 0) is 43.2 Å². The topological polar surface area (TPSA) is 58.2 Å². The highest BCUT2D eigenvalue weighted by Gasteiger charge is 2.12. The van der Waals surface area contributed by atoms with Gasteiger partial charge in [0.05, 0.1) is 10.7 Å². The van der Waals surface area contributed by atoms with Gasteiger partial charge in [0.25, 0.3) is 0 Å². The minimum atomic E-state index is -0.407. The number of para-hydroxylation sites is 1. The van der Waals surface area contributed by atoms with E-state index in [1.165, 1.54) is 0 Å². The van der Waals surface area contributed by atoms with Crippen molar-refractivity contribution >= 4 is 34.8 Å². The van der Waals surface area contributed by atoms with Gasteiger partial charge in [0.2, 0.25) is 11.8 Å². The van der Waals surface area contributed by atoms with E-state index in [-0.39, 0.29) is 12.3 Å². The van der Waals surface area contributed by atoms with E-state index in [9.17, 15) is 9.59 Å². The van der Waals surface area contributed by atoms with E-state index in [2.05, 4.69) is 10.6 Å². The quantitative estimate of drug-likeness (QED) is 0.840. The second-order valence-corrected chi connectivity index (χ2v) is 5.48. The van der Waals surface area contributed by atoms with Crippen molar-refractivity contribution in [3.05, 3.63) is 58.6 Å². The second kappa shape index (κ2) is 7.09. The Hall–Kier alpha value is -2.33. The number of hydrogen-bond acceptors (Lipinski definition) is 2. The summed E-state index contributed by atoms with van der Waals surface area (Å²) in [5.41, 5.74) is 3.20. The summed E-state index contributed by atoms with van der Waals surface area (Å²) in [5, 5.41) is 5.81. The van der Waals surface area contributed by atoms with Crippen molar-refractivity contribution < 1.29 is 9.59 Å². The fourth-order valence-electron chi connectivity index (χ4n) is 1.97. The molecular weight excluding hydrogens is 300 g/mol. The maximum absolute atomic E-state index is 12.0. The summed E-state index contributed by atoms with van der Waals surface area (Å²) in [5.74, 6) is -0.769. The van der Waals surface area contributed by atoms with Crippen LogP contribution in [0.15, 0.2) is 42.5 Å². The smallest absolute Gasteiger partial charge is 0.233 e. The molecule has 0 saturated carbocycles. The molecule has 2 aromatic carbocycles. The van der Waals surface area contributed by atoms with Crippen LogP contribution in [-0.4, -0.2) is 11.8 Å². The summed E-state index contributed by atoms with van der Waals surface area (Å²) in [6.45, 7) is 3.85. The lowest BCUT2D eigenvalue weighted by Gasteiger charge is -2.10. The third kappa shape index (κ3) is 4.33. The van der Waals surface area contributed by atoms with Gasteiger partial charge in [-0.25, -0.2) is 0 Å². The highest BCUT2D eigenvalue weighted by molar-refractivity contribution is 6.33. The number of nitrogens with one attached hydrogen (secondary N) is 2. The number of carbonyl (C=O) groups excluding carboxylic acids is 2. The lowest BCUT2D eigenvalue weighted by molar-refractivity contribution is -0.123. The molecule has 0 atom stereocenters. The molecule has 0 bridgehead atoms. The molecule has 0 spiro atoms. The number of aryl methyl sites for hydroxylation is 2. The van der Waals surface area contributed by atoms with Gasteiger partial charge >= 0.3 is 0 Å². The van der Waals surface area contributed by atoms with Crippen molar-refractivity contribution in [2.75, 3.05) is 10.6 Å². The summed E-state index contributed by atoms with van der Waals surface area (Å²) in [4.78, 5) is 23.8. The number of carbonyl (C=O) groups is 2. The van der Waals surface area contributed by atoms with Crippen molar-refractivity contribution in [1.82, 2.24) is 0 Å². The van der Waals surface area contributed by atoms with E-state index in [0.29, 0.717) is 10.7 Å². The SMILES string of the molecule is Cc1ccc(C)c(NC(=O)CC(=O)Nc2ccccc2Cl)c1. The molecule has 0 fully saturated rings. The molecule has 0 heterocycles. The molecule has 22 heavy (non-hydrogen) atoms. The maximum Gasteiger partial charge on any atom is 0.233 e. The fourth-order valence-corrected chi connectivity index (χ4v) is 2.15. The molecule has 0 aliphatic carbocycles. The predicted molar refractivity (Wildman–Crippen MR) is 89.2 cm³/mol. The molecule has 2 aromatic rings. The molecule has 0 aliphatic rings. The van der Waals surface area contributed by atoms with Gasteiger partial charge < -0.3 is 10.6 Å². The monoisotopic (exact) mass is 316 g/mol. The molecule has 0 radical (unpaired) electrons. The standard InChI is InChI=1S/C17H17ClN2O2/c1-11-7-8-12(2)15(9-11)20-17(22)10-16(21)19-14-6-4-3-5-13(14)18/h3-9H,10H2,1-2H3,(H,19,21)(H,20,22). The average molecular weight is 317 g/mol. The Labute approximate surface area is 134 Å². The molecule has 5 heteroatoms. The Morgan fingerprint density at radius 1 is 0.955 bits per heavy atom. The van der Waals surface area contributed by atoms with Crippen LogP contribution >= 0.6 is 11.6 Å². The van der Waals surface area contributed by atoms with E-state index in [4.69, 9.17) is 11.6 Å². The molecule has 0 aromatic heterocycles. The Bertz CT molecular complexity index is 714. The first-order valence-electron chi connectivity index (χ1n) is 6.87. The Morgan fingerprint density at radius 3 is 2.27 bits per heavy atom. The maximum atomic E-state index is 12.0. The molecule has 0 saturated heterocycles. The Kier molecular flexibility index (Phi) is 5.17. The molecular formula is C17H17ClN2O2. The van der Waals surface area contributed by atoms with Gasteiger partial charge in [-0.3, -0.25) is 9.59 Å². The first kappa shape index (κ1) is 16.0. The second-order valence-electron chi connectivity index (χ2n) is 5.07. The summed E-state index contributed by atoms with van der Waals surface area (Å²) < 4.78 is 0. The third-order valence-electron chi connectivity index (χ3n) is 3.14. The van der Waals surface area contributed by atoms with E-state index >= 15 is 0 Å². The summed E-state index contributed by atoms with van der Waals surface area (Å²) >= 11 is 5.96. The van der Waals surface area contributed by atoms with E-state index in [0.717, 1.165) is 16.8 Å². The van der Waals surface area contributed by atoms with Crippen molar-refractivity contribution in [3.63, 3.8) is 0 Å². The van der Waals surface area contributed by atoms with Crippen LogP contribution in [0, 0.1) is 13.8 Å². The molecule has 2 amide bonds. The van der Waals surface area contributed by atoms with E-state index in [1.54, 1.807) is 24.3 Å². The first-order chi connectivity index (χ1) is 10.5. The predicted octanol–water partition coefficient (Wildman–Crippen LogP) is 3.92. The van der Waals surface area contributed by atoms with Gasteiger partial charge in [-0.2, -0.15) is 0 Å². The summed E-state index contributed by atoms with van der Waals surface area (Å²) in [6.07, 6.45) is -0.265. The third-order valence-corrected chi connectivity index (χ3v) is 3.47. The normalized spacial score (nSPS) is 10.1. The Morgan fingerprint density at radius 2 is 1.59 bits per heavy atom. The average Bonchev–Trinajstić information content (AvgIpc) is 2.45. The van der Waals surface area contributed by atoms with Crippen molar-refractivity contribution in [2.45, 2.75) is 20.3 Å². The van der Waals surface area contributed by atoms with Gasteiger partial charge in [-0.1, -0.05) is 35.9 Å². The highest BCUT2D eigenvalue weighted by Crippen LogP contribution is 2.21. The molecule has 2 N–H and O–H groups in total. The number of halogens is 1. The largest absolute Gasteiger partial charge is 0.325 e. The van der Waals surface area contributed by atoms with Gasteiger partial charge in [0, 0.05) is 5.69 Å². The number of benzene rings is 2. The van der Waals surface area contributed by atoms with E-state index in [1.807, 2.05) is 32.0 Å². The van der Waals surface area contributed by atoms with Gasteiger partial charge in [0.1, 0.15) is 6.42 Å². The van der Waals surface area contributed by atoms with Crippen molar-refractivity contribution in [2.24, 2.45) is 0 Å². The van der Waals surface area contributed by atoms with Crippen LogP contribution in [0.4, 0.5) is 11.4 Å². The molecule has 2 rings (SSSR count). The number of hydrogen-bond donors (Lipinski definition) is 2. The number of amides is 2. The fraction of sp³-hybridized carbons (Fsp3) is 0.176. The zero-order chi connectivity index (χ0) is 16.1. The molecule has 0 unspecified atom stereocenters. The highest BCUT2D eigenvalue weighted by atomic mass is 35.5. The van der Waals surface area contributed by atoms with Crippen LogP contribution in [0.25, 0.3) is 0 Å². The van der Waals surface area contributed by atoms with Crippen LogP contribution in [0.5, 0.6) is 0 Å². The number of rotatable bonds is 4. The van der Waals surface area contributed by atoms with Crippen LogP contribution in [-0.2, 0) is 9.59 Å². The van der Waals surface area contributed by atoms with Crippen molar-refractivity contribution in [1.29, 1.82) is 0 Å². The Balaban J connectivity index is 1.96. The van der Waals surface area contributed by atoms with Gasteiger partial charge in [-0.15, -0.1) is 0 Å².